The number of nitriles is 1. The van der Waals surface area contributed by atoms with Gasteiger partial charge in [-0.2, -0.15) is 18.4 Å². The molecule has 0 amide bonds. The van der Waals surface area contributed by atoms with Crippen molar-refractivity contribution in [2.75, 3.05) is 6.61 Å². The number of carbonyl (C=O) groups excluding carboxylic acids is 1. The number of halogens is 3. The smallest absolute Gasteiger partial charge is 0.417 e. The van der Waals surface area contributed by atoms with Gasteiger partial charge in [-0.15, -0.1) is 0 Å². The molecule has 8 heteroatoms. The van der Waals surface area contributed by atoms with E-state index in [4.69, 9.17) is 14.7 Å². The van der Waals surface area contributed by atoms with Crippen molar-refractivity contribution < 1.29 is 27.4 Å². The monoisotopic (exact) mass is 442 g/mol. The van der Waals surface area contributed by atoms with Crippen LogP contribution in [-0.2, 0) is 28.7 Å². The van der Waals surface area contributed by atoms with Gasteiger partial charge in [-0.05, 0) is 61.2 Å². The number of carbonyl (C=O) groups is 1. The number of ether oxygens (including phenoxy) is 2. The predicted octanol–water partition coefficient (Wildman–Crippen LogP) is 5.62. The molecule has 166 valence electrons. The van der Waals surface area contributed by atoms with Gasteiger partial charge in [0.15, 0.2) is 0 Å². The quantitative estimate of drug-likeness (QED) is 0.503. The third-order valence-corrected chi connectivity index (χ3v) is 5.70. The summed E-state index contributed by atoms with van der Waals surface area (Å²) in [5.74, 6) is 0.403. The largest absolute Gasteiger partial charge is 0.489 e. The molecular formula is C24H21F3N2O3. The SMILES string of the molecule is CCOC(=O)CC1CCc2c1[nH]c1ccc(OCc3ccc(C#N)c(C(F)(F)F)c3)cc21. The van der Waals surface area contributed by atoms with Crippen molar-refractivity contribution in [3.05, 3.63) is 64.3 Å². The summed E-state index contributed by atoms with van der Waals surface area (Å²) in [5.41, 5.74) is 2.04. The molecule has 0 radical (unpaired) electrons. The van der Waals surface area contributed by atoms with Gasteiger partial charge in [-0.3, -0.25) is 4.79 Å². The van der Waals surface area contributed by atoms with E-state index < -0.39 is 17.3 Å². The number of esters is 1. The number of nitrogens with one attached hydrogen (secondary N) is 1. The number of alkyl halides is 3. The summed E-state index contributed by atoms with van der Waals surface area (Å²) >= 11 is 0. The fraction of sp³-hybridized carbons (Fsp3) is 0.333. The normalized spacial score (nSPS) is 15.4. The van der Waals surface area contributed by atoms with E-state index in [0.717, 1.165) is 47.1 Å². The van der Waals surface area contributed by atoms with E-state index in [9.17, 15) is 18.0 Å². The Bertz CT molecular complexity index is 1210. The zero-order valence-corrected chi connectivity index (χ0v) is 17.4. The van der Waals surface area contributed by atoms with Crippen molar-refractivity contribution in [1.29, 1.82) is 5.26 Å². The van der Waals surface area contributed by atoms with E-state index in [2.05, 4.69) is 4.98 Å². The Balaban J connectivity index is 1.52. The molecule has 0 saturated heterocycles. The first-order valence-corrected chi connectivity index (χ1v) is 10.3. The molecule has 5 nitrogen and oxygen atoms in total. The van der Waals surface area contributed by atoms with Gasteiger partial charge in [0.1, 0.15) is 12.4 Å². The van der Waals surface area contributed by atoms with Crippen molar-refractivity contribution in [3.8, 4) is 11.8 Å². The van der Waals surface area contributed by atoms with Gasteiger partial charge < -0.3 is 14.5 Å². The van der Waals surface area contributed by atoms with Crippen LogP contribution >= 0.6 is 0 Å². The molecule has 1 aromatic heterocycles. The first kappa shape index (κ1) is 21.8. The molecule has 0 saturated carbocycles. The molecular weight excluding hydrogens is 421 g/mol. The molecule has 1 N–H and O–H groups in total. The van der Waals surface area contributed by atoms with Crippen LogP contribution in [0.5, 0.6) is 5.75 Å². The molecule has 4 rings (SSSR count). The molecule has 0 spiro atoms. The molecule has 1 unspecified atom stereocenters. The van der Waals surface area contributed by atoms with Crippen molar-refractivity contribution >= 4 is 16.9 Å². The first-order valence-electron chi connectivity index (χ1n) is 10.3. The number of fused-ring (bicyclic) bond motifs is 3. The summed E-state index contributed by atoms with van der Waals surface area (Å²) in [4.78, 5) is 15.3. The van der Waals surface area contributed by atoms with Crippen LogP contribution in [0.2, 0.25) is 0 Å². The van der Waals surface area contributed by atoms with E-state index in [1.165, 1.54) is 6.07 Å². The Morgan fingerprint density at radius 1 is 1.25 bits per heavy atom. The molecule has 1 aliphatic carbocycles. The van der Waals surface area contributed by atoms with Gasteiger partial charge in [0.25, 0.3) is 0 Å². The maximum absolute atomic E-state index is 13.2. The Hall–Kier alpha value is -3.47. The van der Waals surface area contributed by atoms with Gasteiger partial charge in [0.05, 0.1) is 30.2 Å². The number of H-pyrrole nitrogens is 1. The lowest BCUT2D eigenvalue weighted by Crippen LogP contribution is -2.09. The van der Waals surface area contributed by atoms with Gasteiger partial charge in [0.2, 0.25) is 0 Å². The topological polar surface area (TPSA) is 75.1 Å². The molecule has 0 aliphatic heterocycles. The molecule has 0 fully saturated rings. The number of aryl methyl sites for hydroxylation is 1. The highest BCUT2D eigenvalue weighted by molar-refractivity contribution is 5.87. The average molecular weight is 442 g/mol. The lowest BCUT2D eigenvalue weighted by Gasteiger charge is -2.12. The van der Waals surface area contributed by atoms with E-state index in [1.807, 2.05) is 12.1 Å². The highest BCUT2D eigenvalue weighted by Gasteiger charge is 2.34. The van der Waals surface area contributed by atoms with Crippen molar-refractivity contribution in [1.82, 2.24) is 4.98 Å². The van der Waals surface area contributed by atoms with Crippen LogP contribution in [0.3, 0.4) is 0 Å². The predicted molar refractivity (Wildman–Crippen MR) is 111 cm³/mol. The second kappa shape index (κ2) is 8.58. The lowest BCUT2D eigenvalue weighted by atomic mass is 10.0. The molecule has 0 bridgehead atoms. The Labute approximate surface area is 182 Å². The van der Waals surface area contributed by atoms with Gasteiger partial charge >= 0.3 is 12.1 Å². The number of hydrogen-bond acceptors (Lipinski definition) is 4. The summed E-state index contributed by atoms with van der Waals surface area (Å²) in [7, 11) is 0. The van der Waals surface area contributed by atoms with E-state index >= 15 is 0 Å². The Morgan fingerprint density at radius 2 is 2.06 bits per heavy atom. The van der Waals surface area contributed by atoms with Crippen LogP contribution in [-0.4, -0.2) is 17.6 Å². The van der Waals surface area contributed by atoms with Crippen LogP contribution in [0.1, 0.15) is 53.6 Å². The molecule has 32 heavy (non-hydrogen) atoms. The minimum atomic E-state index is -4.61. The zero-order valence-electron chi connectivity index (χ0n) is 17.4. The molecule has 3 aromatic rings. The van der Waals surface area contributed by atoms with E-state index in [1.54, 1.807) is 19.1 Å². The second-order valence-corrected chi connectivity index (χ2v) is 7.75. The summed E-state index contributed by atoms with van der Waals surface area (Å²) in [5, 5.41) is 9.91. The minimum absolute atomic E-state index is 0.0572. The summed E-state index contributed by atoms with van der Waals surface area (Å²) in [6.45, 7) is 2.08. The number of benzene rings is 2. The summed E-state index contributed by atoms with van der Waals surface area (Å²) in [6.07, 6.45) is -2.59. The molecule has 1 aliphatic rings. The highest BCUT2D eigenvalue weighted by atomic mass is 19.4. The maximum atomic E-state index is 13.2. The fourth-order valence-corrected chi connectivity index (χ4v) is 4.22. The Morgan fingerprint density at radius 3 is 2.78 bits per heavy atom. The molecule has 1 atom stereocenters. The molecule has 1 heterocycles. The first-order chi connectivity index (χ1) is 15.3. The number of aromatic nitrogens is 1. The third-order valence-electron chi connectivity index (χ3n) is 5.70. The third kappa shape index (κ3) is 4.28. The maximum Gasteiger partial charge on any atom is 0.417 e. The van der Waals surface area contributed by atoms with Crippen LogP contribution < -0.4 is 4.74 Å². The van der Waals surface area contributed by atoms with E-state index in [0.29, 0.717) is 24.3 Å². The lowest BCUT2D eigenvalue weighted by molar-refractivity contribution is -0.143. The number of hydrogen-bond donors (Lipinski definition) is 1. The van der Waals surface area contributed by atoms with Crippen LogP contribution in [0, 0.1) is 11.3 Å². The van der Waals surface area contributed by atoms with Crippen LogP contribution in [0.25, 0.3) is 10.9 Å². The minimum Gasteiger partial charge on any atom is -0.489 e. The number of nitrogens with zero attached hydrogens (tertiary/aromatic N) is 1. The van der Waals surface area contributed by atoms with E-state index in [-0.39, 0.29) is 18.5 Å². The molecule has 2 aromatic carbocycles. The standard InChI is InChI=1S/C24H21F3N2O3/c1-2-31-22(30)10-15-5-7-18-19-11-17(6-8-21(19)29-23(15)18)32-13-14-3-4-16(12-28)20(9-14)24(25,26)27/h3-4,6,8-9,11,15,29H,2,5,7,10,13H2,1H3. The Kier molecular flexibility index (Phi) is 5.83. The fourth-order valence-electron chi connectivity index (χ4n) is 4.22. The zero-order chi connectivity index (χ0) is 22.9. The van der Waals surface area contributed by atoms with Crippen molar-refractivity contribution in [2.45, 2.75) is 44.9 Å². The average Bonchev–Trinajstić information content (AvgIpc) is 3.31. The number of aromatic amines is 1. The van der Waals surface area contributed by atoms with Gasteiger partial charge in [-0.1, -0.05) is 6.07 Å². The summed E-state index contributed by atoms with van der Waals surface area (Å²) in [6, 6.07) is 10.6. The van der Waals surface area contributed by atoms with Crippen LogP contribution in [0.15, 0.2) is 36.4 Å². The van der Waals surface area contributed by atoms with Crippen molar-refractivity contribution in [3.63, 3.8) is 0 Å². The second-order valence-electron chi connectivity index (χ2n) is 7.75. The van der Waals surface area contributed by atoms with Crippen LogP contribution in [0.4, 0.5) is 13.2 Å². The highest BCUT2D eigenvalue weighted by Crippen LogP contribution is 2.40. The number of rotatable bonds is 6. The van der Waals surface area contributed by atoms with Gasteiger partial charge in [-0.25, -0.2) is 0 Å². The van der Waals surface area contributed by atoms with Gasteiger partial charge in [0, 0.05) is 22.5 Å². The summed E-state index contributed by atoms with van der Waals surface area (Å²) < 4.78 is 50.3. The van der Waals surface area contributed by atoms with Crippen molar-refractivity contribution in [2.24, 2.45) is 0 Å².